The third-order valence-corrected chi connectivity index (χ3v) is 7.42. The standard InChI is InChI=1S/C20H25ClN3O9PS/c1-11(17(27)30-3)23-34(29,33-13-6-4-12(21)5-7-13)31-10-14-16(26)20(2,28)18(32-14)24-9-8-15(25)22-19(24)35/h4-9,11,14,16,18,26,28H,10H2,1-3H3,(H,23,29)(H,22,25,35)/t11-,14+,16?,18+,20+,34-/m0/s1. The van der Waals surface area contributed by atoms with Crippen LogP contribution in [0.3, 0.4) is 0 Å². The lowest BCUT2D eigenvalue weighted by Gasteiger charge is -2.28. The van der Waals surface area contributed by atoms with Gasteiger partial charge in [-0.2, -0.15) is 5.09 Å². The van der Waals surface area contributed by atoms with E-state index in [2.05, 4.69) is 14.8 Å². The molecule has 2 aromatic rings. The van der Waals surface area contributed by atoms with Gasteiger partial charge >= 0.3 is 13.7 Å². The molecule has 0 bridgehead atoms. The Balaban J connectivity index is 1.81. The van der Waals surface area contributed by atoms with Crippen molar-refractivity contribution in [1.29, 1.82) is 0 Å². The van der Waals surface area contributed by atoms with Crippen LogP contribution in [0.15, 0.2) is 41.3 Å². The van der Waals surface area contributed by atoms with Crippen LogP contribution in [0.2, 0.25) is 5.02 Å². The second-order valence-electron chi connectivity index (χ2n) is 7.93. The molecule has 1 aromatic heterocycles. The summed E-state index contributed by atoms with van der Waals surface area (Å²) < 4.78 is 36.2. The summed E-state index contributed by atoms with van der Waals surface area (Å²) >= 11 is 11.0. The minimum atomic E-state index is -4.25. The van der Waals surface area contributed by atoms with Crippen LogP contribution in [0.1, 0.15) is 20.1 Å². The first-order valence-corrected chi connectivity index (χ1v) is 12.6. The summed E-state index contributed by atoms with van der Waals surface area (Å²) in [6.07, 6.45) is -2.59. The van der Waals surface area contributed by atoms with E-state index in [4.69, 9.17) is 37.6 Å². The van der Waals surface area contributed by atoms with Gasteiger partial charge in [-0.15, -0.1) is 0 Å². The maximum absolute atomic E-state index is 13.5. The Kier molecular flexibility index (Phi) is 8.56. The van der Waals surface area contributed by atoms with Gasteiger partial charge in [0.1, 0.15) is 29.6 Å². The van der Waals surface area contributed by atoms with Crippen molar-refractivity contribution in [1.82, 2.24) is 14.6 Å². The average Bonchev–Trinajstić information content (AvgIpc) is 3.02. The Labute approximate surface area is 210 Å². The van der Waals surface area contributed by atoms with Gasteiger partial charge in [-0.05, 0) is 50.3 Å². The fraction of sp³-hybridized carbons (Fsp3) is 0.450. The number of hydrogen-bond acceptors (Lipinski definition) is 10. The molecule has 0 radical (unpaired) electrons. The van der Waals surface area contributed by atoms with Crippen LogP contribution in [0.4, 0.5) is 0 Å². The monoisotopic (exact) mass is 549 g/mol. The number of aliphatic hydroxyl groups is 2. The highest BCUT2D eigenvalue weighted by atomic mass is 35.5. The lowest BCUT2D eigenvalue weighted by atomic mass is 9.96. The highest BCUT2D eigenvalue weighted by Gasteiger charge is 2.53. The number of hydrogen-bond donors (Lipinski definition) is 4. The topological polar surface area (TPSA) is 161 Å². The zero-order valence-corrected chi connectivity index (χ0v) is 21.4. The molecule has 1 unspecified atom stereocenters. The number of aromatic amines is 1. The molecular weight excluding hydrogens is 525 g/mol. The number of rotatable bonds is 9. The normalized spacial score (nSPS) is 26.6. The van der Waals surface area contributed by atoms with Crippen molar-refractivity contribution in [2.45, 2.75) is 43.9 Å². The van der Waals surface area contributed by atoms with Crippen molar-refractivity contribution >= 4 is 37.5 Å². The predicted octanol–water partition coefficient (Wildman–Crippen LogP) is 1.92. The maximum atomic E-state index is 13.5. The molecule has 12 nitrogen and oxygen atoms in total. The third-order valence-electron chi connectivity index (χ3n) is 5.21. The zero-order chi connectivity index (χ0) is 26.0. The second kappa shape index (κ2) is 10.9. The molecule has 0 aliphatic carbocycles. The van der Waals surface area contributed by atoms with Crippen LogP contribution in [0, 0.1) is 4.77 Å². The van der Waals surface area contributed by atoms with Crippen molar-refractivity contribution in [3.8, 4) is 5.75 Å². The van der Waals surface area contributed by atoms with E-state index in [1.54, 1.807) is 0 Å². The first kappa shape index (κ1) is 27.5. The van der Waals surface area contributed by atoms with E-state index < -0.39 is 56.0 Å². The number of nitrogens with zero attached hydrogens (tertiary/aromatic N) is 1. The Morgan fingerprint density at radius 3 is 2.66 bits per heavy atom. The van der Waals surface area contributed by atoms with Gasteiger partial charge in [-0.3, -0.25) is 23.7 Å². The number of aliphatic hydroxyl groups excluding tert-OH is 1. The minimum absolute atomic E-state index is 0.0399. The van der Waals surface area contributed by atoms with Crippen molar-refractivity contribution < 1.29 is 38.1 Å². The Hall–Kier alpha value is -2.09. The van der Waals surface area contributed by atoms with E-state index in [0.717, 1.165) is 0 Å². The van der Waals surface area contributed by atoms with E-state index in [1.165, 1.54) is 62.1 Å². The molecule has 1 saturated heterocycles. The molecule has 3 rings (SSSR count). The number of methoxy groups -OCH3 is 1. The van der Waals surface area contributed by atoms with Crippen LogP contribution in [0.5, 0.6) is 5.75 Å². The summed E-state index contributed by atoms with van der Waals surface area (Å²) in [6, 6.07) is 6.00. The second-order valence-corrected chi connectivity index (χ2v) is 10.4. The number of H-pyrrole nitrogens is 1. The van der Waals surface area contributed by atoms with E-state index in [-0.39, 0.29) is 10.5 Å². The van der Waals surface area contributed by atoms with Crippen molar-refractivity contribution in [2.75, 3.05) is 13.7 Å². The highest BCUT2D eigenvalue weighted by molar-refractivity contribution is 7.71. The van der Waals surface area contributed by atoms with Crippen LogP contribution in [-0.4, -0.2) is 63.3 Å². The lowest BCUT2D eigenvalue weighted by Crippen LogP contribution is -2.45. The fourth-order valence-corrected chi connectivity index (χ4v) is 5.24. The van der Waals surface area contributed by atoms with Gasteiger partial charge in [0, 0.05) is 17.3 Å². The number of benzene rings is 1. The first-order chi connectivity index (χ1) is 16.4. The molecule has 0 saturated carbocycles. The summed E-state index contributed by atoms with van der Waals surface area (Å²) in [5.41, 5.74) is -2.31. The Morgan fingerprint density at radius 2 is 2.06 bits per heavy atom. The quantitative estimate of drug-likeness (QED) is 0.205. The smallest absolute Gasteiger partial charge is 0.459 e. The number of halogens is 1. The molecule has 4 N–H and O–H groups in total. The minimum Gasteiger partial charge on any atom is -0.468 e. The zero-order valence-electron chi connectivity index (χ0n) is 18.9. The summed E-state index contributed by atoms with van der Waals surface area (Å²) in [5, 5.41) is 24.5. The fourth-order valence-electron chi connectivity index (χ4n) is 3.35. The number of carbonyl (C=O) groups is 1. The summed E-state index contributed by atoms with van der Waals surface area (Å²) in [5.74, 6) is -0.597. The molecule has 6 atom stereocenters. The molecule has 1 fully saturated rings. The molecule has 0 amide bonds. The van der Waals surface area contributed by atoms with Crippen LogP contribution in [0.25, 0.3) is 0 Å². The van der Waals surface area contributed by atoms with E-state index in [0.29, 0.717) is 5.02 Å². The lowest BCUT2D eigenvalue weighted by molar-refractivity contribution is -0.142. The van der Waals surface area contributed by atoms with Gasteiger partial charge < -0.3 is 24.2 Å². The number of ether oxygens (including phenoxy) is 2. The average molecular weight is 550 g/mol. The van der Waals surface area contributed by atoms with Crippen LogP contribution in [-0.2, 0) is 23.4 Å². The predicted molar refractivity (Wildman–Crippen MR) is 127 cm³/mol. The Morgan fingerprint density at radius 1 is 1.40 bits per heavy atom. The highest BCUT2D eigenvalue weighted by Crippen LogP contribution is 2.47. The van der Waals surface area contributed by atoms with Crippen molar-refractivity contribution in [3.63, 3.8) is 0 Å². The molecule has 0 spiro atoms. The van der Waals surface area contributed by atoms with Crippen molar-refractivity contribution in [3.05, 3.63) is 56.7 Å². The Bertz CT molecular complexity index is 1220. The molecule has 192 valence electrons. The summed E-state index contributed by atoms with van der Waals surface area (Å²) in [4.78, 5) is 25.8. The third kappa shape index (κ3) is 6.38. The van der Waals surface area contributed by atoms with Crippen molar-refractivity contribution in [2.24, 2.45) is 0 Å². The van der Waals surface area contributed by atoms with E-state index in [9.17, 15) is 24.4 Å². The van der Waals surface area contributed by atoms with Gasteiger partial charge in [0.15, 0.2) is 11.0 Å². The SMILES string of the molecule is COC(=O)[C@H](C)N[P@](=O)(OC[C@H]1O[C@@H](n2ccc(=O)[nH]c2=S)[C@](C)(O)C1O)Oc1ccc(Cl)cc1. The number of aromatic nitrogens is 2. The first-order valence-electron chi connectivity index (χ1n) is 10.3. The molecule has 35 heavy (non-hydrogen) atoms. The maximum Gasteiger partial charge on any atom is 0.459 e. The largest absolute Gasteiger partial charge is 0.468 e. The van der Waals surface area contributed by atoms with E-state index >= 15 is 0 Å². The molecule has 2 heterocycles. The van der Waals surface area contributed by atoms with Gasteiger partial charge in [-0.25, -0.2) is 4.57 Å². The molecular formula is C20H25ClN3O9PS. The van der Waals surface area contributed by atoms with Crippen LogP contribution >= 0.6 is 31.6 Å². The molecule has 1 aliphatic rings. The van der Waals surface area contributed by atoms with Gasteiger partial charge in [-0.1, -0.05) is 11.6 Å². The summed E-state index contributed by atoms with van der Waals surface area (Å²) in [7, 11) is -3.08. The van der Waals surface area contributed by atoms with E-state index in [1.807, 2.05) is 0 Å². The number of esters is 1. The van der Waals surface area contributed by atoms with Crippen LogP contribution < -0.4 is 15.2 Å². The van der Waals surface area contributed by atoms with Gasteiger partial charge in [0.2, 0.25) is 0 Å². The summed E-state index contributed by atoms with van der Waals surface area (Å²) in [6.45, 7) is 2.19. The molecule has 15 heteroatoms. The van der Waals surface area contributed by atoms with Gasteiger partial charge in [0.25, 0.3) is 5.56 Å². The van der Waals surface area contributed by atoms with Gasteiger partial charge in [0.05, 0.1) is 13.7 Å². The molecule has 1 aromatic carbocycles. The number of nitrogens with one attached hydrogen (secondary N) is 2. The molecule has 1 aliphatic heterocycles. The number of carbonyl (C=O) groups excluding carboxylic acids is 1.